The van der Waals surface area contributed by atoms with Gasteiger partial charge in [-0.05, 0) is 45.4 Å². The summed E-state index contributed by atoms with van der Waals surface area (Å²) >= 11 is 0. The van der Waals surface area contributed by atoms with E-state index in [9.17, 15) is 5.11 Å². The maximum Gasteiger partial charge on any atom is 0.0621 e. The highest BCUT2D eigenvalue weighted by Crippen LogP contribution is 2.34. The van der Waals surface area contributed by atoms with E-state index in [2.05, 4.69) is 0 Å². The van der Waals surface area contributed by atoms with Gasteiger partial charge in [0.1, 0.15) is 0 Å². The number of hydrogen-bond donors (Lipinski definition) is 4. The highest BCUT2D eigenvalue weighted by molar-refractivity contribution is 4.81. The first-order valence-electron chi connectivity index (χ1n) is 7.55. The summed E-state index contributed by atoms with van der Waals surface area (Å²) in [5.41, 5.74) is -0.627. The van der Waals surface area contributed by atoms with E-state index in [-0.39, 0.29) is 24.7 Å². The molecule has 2 saturated carbocycles. The molecule has 2 aliphatic carbocycles. The highest BCUT2D eigenvalue weighted by atomic mass is 16.3. The standard InChI is InChI=1S/C8H16O2.C7H14O2/c9-6-8(7-10)4-2-1-3-5-8;1-7(9)4-2-6(8)3-5-7/h9-10H,1-7H2;6,8-9H,2-5H2,1H3. The summed E-state index contributed by atoms with van der Waals surface area (Å²) in [4.78, 5) is 0. The van der Waals surface area contributed by atoms with Crippen LogP contribution in [-0.2, 0) is 0 Å². The van der Waals surface area contributed by atoms with E-state index in [1.54, 1.807) is 0 Å². The fourth-order valence-electron chi connectivity index (χ4n) is 2.89. The molecule has 0 aromatic heterocycles. The van der Waals surface area contributed by atoms with Gasteiger partial charge < -0.3 is 20.4 Å². The lowest BCUT2D eigenvalue weighted by atomic mass is 9.75. The van der Waals surface area contributed by atoms with Crippen LogP contribution in [0.5, 0.6) is 0 Å². The van der Waals surface area contributed by atoms with E-state index in [4.69, 9.17) is 15.3 Å². The first-order valence-corrected chi connectivity index (χ1v) is 7.55. The van der Waals surface area contributed by atoms with Crippen molar-refractivity contribution in [3.05, 3.63) is 0 Å². The molecule has 0 atom stereocenters. The Bertz CT molecular complexity index is 231. The van der Waals surface area contributed by atoms with Crippen molar-refractivity contribution in [1.82, 2.24) is 0 Å². The second-order valence-electron chi connectivity index (χ2n) is 6.61. The Balaban J connectivity index is 0.000000191. The minimum Gasteiger partial charge on any atom is -0.396 e. The Labute approximate surface area is 116 Å². The van der Waals surface area contributed by atoms with Crippen LogP contribution < -0.4 is 0 Å². The second kappa shape index (κ2) is 7.58. The molecular formula is C15H30O4. The van der Waals surface area contributed by atoms with Crippen molar-refractivity contribution >= 4 is 0 Å². The molecule has 114 valence electrons. The molecule has 2 aliphatic rings. The predicted molar refractivity (Wildman–Crippen MR) is 74.8 cm³/mol. The maximum atomic E-state index is 9.38. The third kappa shape index (κ3) is 5.78. The maximum absolute atomic E-state index is 9.38. The van der Waals surface area contributed by atoms with Crippen LogP contribution in [0.15, 0.2) is 0 Å². The Morgan fingerprint density at radius 2 is 1.37 bits per heavy atom. The monoisotopic (exact) mass is 274 g/mol. The van der Waals surface area contributed by atoms with Crippen molar-refractivity contribution < 1.29 is 20.4 Å². The molecule has 0 aromatic carbocycles. The molecule has 4 heteroatoms. The van der Waals surface area contributed by atoms with E-state index >= 15 is 0 Å². The minimum atomic E-state index is -0.501. The zero-order valence-corrected chi connectivity index (χ0v) is 12.1. The molecule has 0 aliphatic heterocycles. The fraction of sp³-hybridized carbons (Fsp3) is 1.00. The Morgan fingerprint density at radius 3 is 1.68 bits per heavy atom. The third-order valence-electron chi connectivity index (χ3n) is 4.62. The zero-order chi connectivity index (χ0) is 14.4. The van der Waals surface area contributed by atoms with Gasteiger partial charge in [0.15, 0.2) is 0 Å². The average Bonchev–Trinajstić information content (AvgIpc) is 2.44. The molecule has 19 heavy (non-hydrogen) atoms. The SMILES string of the molecule is CC1(O)CCC(O)CC1.OCC1(CO)CCCCC1. The number of aliphatic hydroxyl groups excluding tert-OH is 3. The Hall–Kier alpha value is -0.160. The van der Waals surface area contributed by atoms with Crippen molar-refractivity contribution in [1.29, 1.82) is 0 Å². The molecule has 2 fully saturated rings. The summed E-state index contributed by atoms with van der Waals surface area (Å²) in [6, 6.07) is 0. The summed E-state index contributed by atoms with van der Waals surface area (Å²) in [5.74, 6) is 0. The van der Waals surface area contributed by atoms with Crippen LogP contribution in [0.4, 0.5) is 0 Å². The highest BCUT2D eigenvalue weighted by Gasteiger charge is 2.30. The molecule has 0 radical (unpaired) electrons. The smallest absolute Gasteiger partial charge is 0.0621 e. The average molecular weight is 274 g/mol. The number of aliphatic hydroxyl groups is 4. The first kappa shape index (κ1) is 16.9. The predicted octanol–water partition coefficient (Wildman–Crippen LogP) is 1.59. The Morgan fingerprint density at radius 1 is 0.895 bits per heavy atom. The molecule has 4 N–H and O–H groups in total. The van der Waals surface area contributed by atoms with Gasteiger partial charge in [-0.3, -0.25) is 0 Å². The molecule has 0 aromatic rings. The third-order valence-corrected chi connectivity index (χ3v) is 4.62. The molecule has 2 rings (SSSR count). The molecule has 0 saturated heterocycles. The largest absolute Gasteiger partial charge is 0.396 e. The van der Waals surface area contributed by atoms with Gasteiger partial charge >= 0.3 is 0 Å². The van der Waals surface area contributed by atoms with Gasteiger partial charge in [-0.15, -0.1) is 0 Å². The van der Waals surface area contributed by atoms with Crippen molar-refractivity contribution in [3.63, 3.8) is 0 Å². The van der Waals surface area contributed by atoms with Crippen LogP contribution >= 0.6 is 0 Å². The van der Waals surface area contributed by atoms with Crippen molar-refractivity contribution in [2.45, 2.75) is 76.4 Å². The van der Waals surface area contributed by atoms with E-state index in [0.717, 1.165) is 38.5 Å². The normalized spacial score (nSPS) is 34.3. The Kier molecular flexibility index (Phi) is 6.74. The zero-order valence-electron chi connectivity index (χ0n) is 12.1. The van der Waals surface area contributed by atoms with Gasteiger partial charge in [0.2, 0.25) is 0 Å². The van der Waals surface area contributed by atoms with E-state index in [0.29, 0.717) is 0 Å². The van der Waals surface area contributed by atoms with Gasteiger partial charge in [-0.2, -0.15) is 0 Å². The molecule has 0 spiro atoms. The van der Waals surface area contributed by atoms with Gasteiger partial charge in [-0.1, -0.05) is 19.3 Å². The minimum absolute atomic E-state index is 0.127. The molecule has 0 amide bonds. The van der Waals surface area contributed by atoms with Crippen LogP contribution in [0, 0.1) is 5.41 Å². The van der Waals surface area contributed by atoms with E-state index in [1.165, 1.54) is 19.3 Å². The lowest BCUT2D eigenvalue weighted by molar-refractivity contribution is -0.0175. The summed E-state index contributed by atoms with van der Waals surface area (Å²) in [6.07, 6.45) is 8.44. The van der Waals surface area contributed by atoms with E-state index in [1.807, 2.05) is 6.92 Å². The summed E-state index contributed by atoms with van der Waals surface area (Å²) < 4.78 is 0. The van der Waals surface area contributed by atoms with Crippen LogP contribution in [0.3, 0.4) is 0 Å². The lowest BCUT2D eigenvalue weighted by Crippen LogP contribution is -2.32. The second-order valence-corrected chi connectivity index (χ2v) is 6.61. The molecular weight excluding hydrogens is 244 g/mol. The topological polar surface area (TPSA) is 80.9 Å². The van der Waals surface area contributed by atoms with Gasteiger partial charge in [-0.25, -0.2) is 0 Å². The summed E-state index contributed by atoms with van der Waals surface area (Å²) in [6.45, 7) is 2.14. The van der Waals surface area contributed by atoms with Crippen LogP contribution in [-0.4, -0.2) is 45.3 Å². The summed E-state index contributed by atoms with van der Waals surface area (Å²) in [5, 5.41) is 36.4. The van der Waals surface area contributed by atoms with Crippen molar-refractivity contribution in [3.8, 4) is 0 Å². The van der Waals surface area contributed by atoms with Crippen molar-refractivity contribution in [2.24, 2.45) is 5.41 Å². The quantitative estimate of drug-likeness (QED) is 0.616. The van der Waals surface area contributed by atoms with Crippen LogP contribution in [0.1, 0.15) is 64.7 Å². The number of rotatable bonds is 2. The van der Waals surface area contributed by atoms with Gasteiger partial charge in [0.25, 0.3) is 0 Å². The molecule has 0 heterocycles. The molecule has 0 unspecified atom stereocenters. The summed E-state index contributed by atoms with van der Waals surface area (Å²) in [7, 11) is 0. The van der Waals surface area contributed by atoms with E-state index < -0.39 is 5.60 Å². The van der Waals surface area contributed by atoms with Crippen molar-refractivity contribution in [2.75, 3.05) is 13.2 Å². The van der Waals surface area contributed by atoms with Gasteiger partial charge in [0.05, 0.1) is 24.9 Å². The van der Waals surface area contributed by atoms with Crippen LogP contribution in [0.2, 0.25) is 0 Å². The van der Waals surface area contributed by atoms with Gasteiger partial charge in [0, 0.05) is 5.41 Å². The molecule has 0 bridgehead atoms. The lowest BCUT2D eigenvalue weighted by Gasteiger charge is -2.33. The van der Waals surface area contributed by atoms with Crippen LogP contribution in [0.25, 0.3) is 0 Å². The number of hydrogen-bond acceptors (Lipinski definition) is 4. The molecule has 4 nitrogen and oxygen atoms in total. The fourth-order valence-corrected chi connectivity index (χ4v) is 2.89. The first-order chi connectivity index (χ1) is 8.93.